The van der Waals surface area contributed by atoms with Gasteiger partial charge < -0.3 is 10.0 Å². The number of hydrogen-bond acceptors (Lipinski definition) is 3. The van der Waals surface area contributed by atoms with Crippen LogP contribution in [0.15, 0.2) is 48.5 Å². The fraction of sp³-hybridized carbons (Fsp3) is 0.458. The summed E-state index contributed by atoms with van der Waals surface area (Å²) in [5.74, 6) is -0.114. The van der Waals surface area contributed by atoms with Crippen LogP contribution in [0, 0.1) is 5.92 Å². The third kappa shape index (κ3) is 5.36. The maximum absolute atomic E-state index is 13.6. The molecular formula is C24H30Cl2N2O2. The molecule has 1 saturated heterocycles. The molecule has 1 fully saturated rings. The molecule has 0 saturated carbocycles. The SMILES string of the molecule is CC(C)C(CN(C)C(=O)C(c1ccc(Cl)cc1)c1ccc(Cl)cc1)N1CCCC1O. The second-order valence-electron chi connectivity index (χ2n) is 8.43. The minimum absolute atomic E-state index is 0.0129. The van der Waals surface area contributed by atoms with Gasteiger partial charge in [-0.2, -0.15) is 0 Å². The number of likely N-dealkylation sites (N-methyl/N-ethyl adjacent to an activating group) is 1. The number of carbonyl (C=O) groups excluding carboxylic acids is 1. The van der Waals surface area contributed by atoms with Gasteiger partial charge in [-0.05, 0) is 54.2 Å². The lowest BCUT2D eigenvalue weighted by Crippen LogP contribution is -2.50. The molecule has 1 N–H and O–H groups in total. The van der Waals surface area contributed by atoms with E-state index in [-0.39, 0.29) is 11.9 Å². The predicted octanol–water partition coefficient (Wildman–Crippen LogP) is 5.02. The molecule has 0 aliphatic carbocycles. The average Bonchev–Trinajstić information content (AvgIpc) is 3.14. The van der Waals surface area contributed by atoms with Gasteiger partial charge in [0.2, 0.25) is 5.91 Å². The van der Waals surface area contributed by atoms with Gasteiger partial charge in [-0.15, -0.1) is 0 Å². The van der Waals surface area contributed by atoms with Gasteiger partial charge in [0, 0.05) is 36.2 Å². The fourth-order valence-corrected chi connectivity index (χ4v) is 4.49. The molecule has 2 unspecified atom stereocenters. The van der Waals surface area contributed by atoms with E-state index in [4.69, 9.17) is 23.2 Å². The summed E-state index contributed by atoms with van der Waals surface area (Å²) < 4.78 is 0. The van der Waals surface area contributed by atoms with E-state index in [2.05, 4.69) is 18.7 Å². The Hall–Kier alpha value is -1.59. The van der Waals surface area contributed by atoms with E-state index in [1.165, 1.54) is 0 Å². The number of amides is 1. The highest BCUT2D eigenvalue weighted by Crippen LogP contribution is 2.30. The summed E-state index contributed by atoms with van der Waals surface area (Å²) in [6, 6.07) is 14.9. The Kier molecular flexibility index (Phi) is 7.81. The van der Waals surface area contributed by atoms with Crippen molar-refractivity contribution in [2.75, 3.05) is 20.1 Å². The molecule has 0 spiro atoms. The van der Waals surface area contributed by atoms with E-state index in [1.54, 1.807) is 4.90 Å². The third-order valence-electron chi connectivity index (χ3n) is 5.95. The van der Waals surface area contributed by atoms with Crippen molar-refractivity contribution in [1.29, 1.82) is 0 Å². The zero-order chi connectivity index (χ0) is 21.8. The molecule has 0 aromatic heterocycles. The molecule has 2 aromatic carbocycles. The molecule has 2 atom stereocenters. The zero-order valence-electron chi connectivity index (χ0n) is 17.8. The second-order valence-corrected chi connectivity index (χ2v) is 9.30. The molecular weight excluding hydrogens is 419 g/mol. The molecule has 6 heteroatoms. The topological polar surface area (TPSA) is 43.8 Å². The first-order valence-corrected chi connectivity index (χ1v) is 11.2. The van der Waals surface area contributed by atoms with E-state index in [9.17, 15) is 9.90 Å². The smallest absolute Gasteiger partial charge is 0.234 e. The molecule has 1 amide bonds. The van der Waals surface area contributed by atoms with Gasteiger partial charge >= 0.3 is 0 Å². The lowest BCUT2D eigenvalue weighted by molar-refractivity contribution is -0.132. The average molecular weight is 449 g/mol. The number of benzene rings is 2. The fourth-order valence-electron chi connectivity index (χ4n) is 4.24. The van der Waals surface area contributed by atoms with E-state index in [0.717, 1.165) is 30.5 Å². The first-order valence-electron chi connectivity index (χ1n) is 10.5. The maximum atomic E-state index is 13.6. The molecule has 4 nitrogen and oxygen atoms in total. The lowest BCUT2D eigenvalue weighted by Gasteiger charge is -2.37. The van der Waals surface area contributed by atoms with Crippen molar-refractivity contribution in [3.05, 3.63) is 69.7 Å². The summed E-state index contributed by atoms with van der Waals surface area (Å²) in [5.41, 5.74) is 1.78. The van der Waals surface area contributed by atoms with Crippen LogP contribution < -0.4 is 0 Å². The van der Waals surface area contributed by atoms with Gasteiger partial charge in [0.05, 0.1) is 5.92 Å². The number of nitrogens with zero attached hydrogens (tertiary/aromatic N) is 2. The number of rotatable bonds is 7. The first-order chi connectivity index (χ1) is 14.3. The number of likely N-dealkylation sites (tertiary alicyclic amines) is 1. The monoisotopic (exact) mass is 448 g/mol. The predicted molar refractivity (Wildman–Crippen MR) is 123 cm³/mol. The number of halogens is 2. The minimum Gasteiger partial charge on any atom is -0.378 e. The summed E-state index contributed by atoms with van der Waals surface area (Å²) in [5, 5.41) is 11.6. The maximum Gasteiger partial charge on any atom is 0.234 e. The number of aliphatic hydroxyl groups excluding tert-OH is 1. The van der Waals surface area contributed by atoms with Crippen LogP contribution in [-0.2, 0) is 4.79 Å². The van der Waals surface area contributed by atoms with Crippen LogP contribution in [-0.4, -0.2) is 53.2 Å². The summed E-state index contributed by atoms with van der Waals surface area (Å²) in [7, 11) is 1.85. The van der Waals surface area contributed by atoms with Gasteiger partial charge in [-0.3, -0.25) is 9.69 Å². The summed E-state index contributed by atoms with van der Waals surface area (Å²) >= 11 is 12.1. The van der Waals surface area contributed by atoms with E-state index in [0.29, 0.717) is 22.5 Å². The van der Waals surface area contributed by atoms with E-state index < -0.39 is 12.1 Å². The van der Waals surface area contributed by atoms with Crippen molar-refractivity contribution in [2.24, 2.45) is 5.92 Å². The molecule has 2 aromatic rings. The highest BCUT2D eigenvalue weighted by Gasteiger charge is 2.34. The van der Waals surface area contributed by atoms with Crippen LogP contribution in [0.25, 0.3) is 0 Å². The van der Waals surface area contributed by atoms with Crippen molar-refractivity contribution >= 4 is 29.1 Å². The molecule has 1 aliphatic heterocycles. The summed E-state index contributed by atoms with van der Waals surface area (Å²) in [6.07, 6.45) is 1.35. The molecule has 1 aliphatic rings. The molecule has 0 bridgehead atoms. The normalized spacial score (nSPS) is 18.2. The van der Waals surface area contributed by atoms with Crippen LogP contribution >= 0.6 is 23.2 Å². The number of hydrogen-bond donors (Lipinski definition) is 1. The minimum atomic E-state index is -0.444. The van der Waals surface area contributed by atoms with Gasteiger partial charge in [-0.25, -0.2) is 0 Å². The van der Waals surface area contributed by atoms with Crippen molar-refractivity contribution < 1.29 is 9.90 Å². The molecule has 0 radical (unpaired) electrons. The Morgan fingerprint density at radius 3 is 1.97 bits per heavy atom. The van der Waals surface area contributed by atoms with Gasteiger partial charge in [0.15, 0.2) is 0 Å². The van der Waals surface area contributed by atoms with E-state index in [1.807, 2.05) is 55.6 Å². The Labute approximate surface area is 189 Å². The molecule has 1 heterocycles. The van der Waals surface area contributed by atoms with Gasteiger partial charge in [-0.1, -0.05) is 61.3 Å². The van der Waals surface area contributed by atoms with Crippen LogP contribution in [0.2, 0.25) is 10.0 Å². The van der Waals surface area contributed by atoms with Crippen molar-refractivity contribution in [3.63, 3.8) is 0 Å². The molecule has 30 heavy (non-hydrogen) atoms. The van der Waals surface area contributed by atoms with Crippen LogP contribution in [0.5, 0.6) is 0 Å². The highest BCUT2D eigenvalue weighted by atomic mass is 35.5. The Balaban J connectivity index is 1.87. The number of carbonyl (C=O) groups is 1. The lowest BCUT2D eigenvalue weighted by atomic mass is 9.89. The Bertz CT molecular complexity index is 794. The van der Waals surface area contributed by atoms with E-state index >= 15 is 0 Å². The summed E-state index contributed by atoms with van der Waals surface area (Å²) in [6.45, 7) is 5.71. The quantitative estimate of drug-likeness (QED) is 0.646. The second kappa shape index (κ2) is 10.1. The van der Waals surface area contributed by atoms with Crippen LogP contribution in [0.4, 0.5) is 0 Å². The Morgan fingerprint density at radius 2 is 1.57 bits per heavy atom. The highest BCUT2D eigenvalue weighted by molar-refractivity contribution is 6.30. The molecule has 3 rings (SSSR count). The number of aliphatic hydroxyl groups is 1. The van der Waals surface area contributed by atoms with Crippen molar-refractivity contribution in [2.45, 2.75) is 44.9 Å². The zero-order valence-corrected chi connectivity index (χ0v) is 19.3. The standard InChI is InChI=1S/C24H30Cl2N2O2/c1-16(2)21(28-14-4-5-22(28)29)15-27(3)24(30)23(17-6-10-19(25)11-7-17)18-8-12-20(26)13-9-18/h6-13,16,21-23,29H,4-5,14-15H2,1-3H3. The van der Waals surface area contributed by atoms with Crippen LogP contribution in [0.3, 0.4) is 0 Å². The van der Waals surface area contributed by atoms with Gasteiger partial charge in [0.1, 0.15) is 6.23 Å². The summed E-state index contributed by atoms with van der Waals surface area (Å²) in [4.78, 5) is 17.6. The van der Waals surface area contributed by atoms with Crippen molar-refractivity contribution in [3.8, 4) is 0 Å². The first kappa shape index (κ1) is 23.1. The van der Waals surface area contributed by atoms with Crippen molar-refractivity contribution in [1.82, 2.24) is 9.80 Å². The third-order valence-corrected chi connectivity index (χ3v) is 6.45. The van der Waals surface area contributed by atoms with Gasteiger partial charge in [0.25, 0.3) is 0 Å². The molecule has 162 valence electrons. The largest absolute Gasteiger partial charge is 0.378 e. The Morgan fingerprint density at radius 1 is 1.07 bits per heavy atom. The van der Waals surface area contributed by atoms with Crippen LogP contribution in [0.1, 0.15) is 43.7 Å².